The lowest BCUT2D eigenvalue weighted by atomic mass is 10.0. The number of rotatable bonds is 4. The average Bonchev–Trinajstić information content (AvgIpc) is 2.47. The van der Waals surface area contributed by atoms with E-state index in [9.17, 15) is 4.79 Å². The predicted molar refractivity (Wildman–Crippen MR) is 79.1 cm³/mol. The summed E-state index contributed by atoms with van der Waals surface area (Å²) >= 11 is 0. The summed E-state index contributed by atoms with van der Waals surface area (Å²) in [6.07, 6.45) is 0.687. The van der Waals surface area contributed by atoms with Crippen molar-refractivity contribution < 1.29 is 9.53 Å². The van der Waals surface area contributed by atoms with Crippen LogP contribution in [0.1, 0.15) is 31.9 Å². The molecule has 1 aromatic carbocycles. The fraction of sp³-hybridized carbons (Fsp3) is 0.562. The van der Waals surface area contributed by atoms with E-state index in [0.29, 0.717) is 25.6 Å². The van der Waals surface area contributed by atoms with Crippen molar-refractivity contribution in [2.24, 2.45) is 11.7 Å². The van der Waals surface area contributed by atoms with E-state index in [2.05, 4.69) is 13.8 Å². The maximum Gasteiger partial charge on any atom is 0.239 e. The molecule has 0 radical (unpaired) electrons. The van der Waals surface area contributed by atoms with Gasteiger partial charge in [0.05, 0.1) is 19.2 Å². The molecule has 1 heterocycles. The molecule has 1 aliphatic heterocycles. The van der Waals surface area contributed by atoms with Gasteiger partial charge in [-0.2, -0.15) is 0 Å². The molecule has 1 amide bonds. The largest absolute Gasteiger partial charge is 0.370 e. The van der Waals surface area contributed by atoms with Gasteiger partial charge in [-0.05, 0) is 17.9 Å². The van der Waals surface area contributed by atoms with Crippen LogP contribution in [0.25, 0.3) is 0 Å². The van der Waals surface area contributed by atoms with Crippen LogP contribution in [0.5, 0.6) is 0 Å². The molecule has 1 fully saturated rings. The van der Waals surface area contributed by atoms with E-state index >= 15 is 0 Å². The predicted octanol–water partition coefficient (Wildman–Crippen LogP) is 1.96. The van der Waals surface area contributed by atoms with Gasteiger partial charge in [0.1, 0.15) is 6.10 Å². The van der Waals surface area contributed by atoms with Crippen molar-refractivity contribution in [2.75, 3.05) is 19.7 Å². The lowest BCUT2D eigenvalue weighted by Crippen LogP contribution is -2.49. The molecular weight excluding hydrogens is 252 g/mol. The summed E-state index contributed by atoms with van der Waals surface area (Å²) in [6.45, 7) is 5.96. The van der Waals surface area contributed by atoms with Crippen LogP contribution in [0.15, 0.2) is 30.3 Å². The molecule has 1 aromatic rings. The number of carbonyl (C=O) groups is 1. The maximum absolute atomic E-state index is 12.4. The smallest absolute Gasteiger partial charge is 0.239 e. The van der Waals surface area contributed by atoms with Crippen molar-refractivity contribution in [1.29, 1.82) is 0 Å². The first-order chi connectivity index (χ1) is 9.58. The second-order valence-corrected chi connectivity index (χ2v) is 5.79. The van der Waals surface area contributed by atoms with Crippen molar-refractivity contribution >= 4 is 5.91 Å². The monoisotopic (exact) mass is 276 g/mol. The van der Waals surface area contributed by atoms with Gasteiger partial charge in [-0.3, -0.25) is 4.79 Å². The van der Waals surface area contributed by atoms with E-state index in [1.807, 2.05) is 35.2 Å². The van der Waals surface area contributed by atoms with Crippen molar-refractivity contribution in [2.45, 2.75) is 32.4 Å². The summed E-state index contributed by atoms with van der Waals surface area (Å²) in [7, 11) is 0. The second-order valence-electron chi connectivity index (χ2n) is 5.79. The molecule has 20 heavy (non-hydrogen) atoms. The molecule has 1 saturated heterocycles. The Kier molecular flexibility index (Phi) is 5.15. The number of nitrogens with two attached hydrogens (primary N) is 1. The zero-order valence-electron chi connectivity index (χ0n) is 12.3. The molecule has 0 aliphatic carbocycles. The quantitative estimate of drug-likeness (QED) is 0.914. The minimum atomic E-state index is -0.399. The fourth-order valence-electron chi connectivity index (χ4n) is 2.56. The van der Waals surface area contributed by atoms with Crippen molar-refractivity contribution in [1.82, 2.24) is 4.90 Å². The van der Waals surface area contributed by atoms with E-state index in [0.717, 1.165) is 12.0 Å². The molecule has 2 N–H and O–H groups in total. The van der Waals surface area contributed by atoms with Gasteiger partial charge in [0, 0.05) is 6.54 Å². The van der Waals surface area contributed by atoms with E-state index < -0.39 is 6.04 Å². The first kappa shape index (κ1) is 15.0. The molecule has 1 aliphatic rings. The summed E-state index contributed by atoms with van der Waals surface area (Å²) in [5, 5.41) is 0. The highest BCUT2D eigenvalue weighted by Gasteiger charge is 2.28. The lowest BCUT2D eigenvalue weighted by molar-refractivity contribution is -0.140. The van der Waals surface area contributed by atoms with Gasteiger partial charge in [-0.25, -0.2) is 0 Å². The molecule has 4 nitrogen and oxygen atoms in total. The number of hydrogen-bond acceptors (Lipinski definition) is 3. The summed E-state index contributed by atoms with van der Waals surface area (Å²) in [5.74, 6) is 0.475. The first-order valence-corrected chi connectivity index (χ1v) is 7.29. The average molecular weight is 276 g/mol. The third-order valence-electron chi connectivity index (χ3n) is 3.59. The molecule has 110 valence electrons. The Labute approximate surface area is 120 Å². The number of morpholine rings is 1. The van der Waals surface area contributed by atoms with Crippen molar-refractivity contribution in [3.63, 3.8) is 0 Å². The van der Waals surface area contributed by atoms with Crippen LogP contribution in [0.2, 0.25) is 0 Å². The topological polar surface area (TPSA) is 55.6 Å². The van der Waals surface area contributed by atoms with Crippen LogP contribution in [0.4, 0.5) is 0 Å². The molecule has 2 atom stereocenters. The minimum absolute atomic E-state index is 0.0415. The van der Waals surface area contributed by atoms with Crippen LogP contribution in [0.3, 0.4) is 0 Å². The standard InChI is InChI=1S/C16H24N2O2/c1-12(2)10-14(17)16(19)18-8-9-20-15(11-18)13-6-4-3-5-7-13/h3-7,12,14-15H,8-11,17H2,1-2H3/t14-,15?/m0/s1. The number of benzene rings is 1. The zero-order valence-corrected chi connectivity index (χ0v) is 12.3. The Morgan fingerprint density at radius 2 is 2.10 bits per heavy atom. The number of nitrogens with zero attached hydrogens (tertiary/aromatic N) is 1. The fourth-order valence-corrected chi connectivity index (χ4v) is 2.56. The van der Waals surface area contributed by atoms with E-state index in [4.69, 9.17) is 10.5 Å². The molecule has 0 spiro atoms. The molecule has 1 unspecified atom stereocenters. The Bertz CT molecular complexity index is 433. The number of ether oxygens (including phenoxy) is 1. The van der Waals surface area contributed by atoms with Gasteiger partial charge in [-0.15, -0.1) is 0 Å². The van der Waals surface area contributed by atoms with E-state index in [1.165, 1.54) is 0 Å². The summed E-state index contributed by atoms with van der Waals surface area (Å²) in [4.78, 5) is 14.2. The van der Waals surface area contributed by atoms with Gasteiger partial charge < -0.3 is 15.4 Å². The SMILES string of the molecule is CC(C)C[C@H](N)C(=O)N1CCOC(c2ccccc2)C1. The highest BCUT2D eigenvalue weighted by molar-refractivity contribution is 5.81. The second kappa shape index (κ2) is 6.86. The van der Waals surface area contributed by atoms with Crippen LogP contribution >= 0.6 is 0 Å². The van der Waals surface area contributed by atoms with Gasteiger partial charge in [0.25, 0.3) is 0 Å². The third kappa shape index (κ3) is 3.81. The Morgan fingerprint density at radius 1 is 1.40 bits per heavy atom. The van der Waals surface area contributed by atoms with Crippen molar-refractivity contribution in [3.05, 3.63) is 35.9 Å². The Morgan fingerprint density at radius 3 is 2.75 bits per heavy atom. The van der Waals surface area contributed by atoms with Crippen LogP contribution < -0.4 is 5.73 Å². The van der Waals surface area contributed by atoms with E-state index in [1.54, 1.807) is 0 Å². The first-order valence-electron chi connectivity index (χ1n) is 7.29. The normalized spacial score (nSPS) is 21.0. The van der Waals surface area contributed by atoms with Crippen LogP contribution in [-0.2, 0) is 9.53 Å². The number of amides is 1. The Hall–Kier alpha value is -1.39. The molecule has 4 heteroatoms. The molecule has 2 rings (SSSR count). The summed E-state index contributed by atoms with van der Waals surface area (Å²) < 4.78 is 5.77. The van der Waals surface area contributed by atoms with Crippen molar-refractivity contribution in [3.8, 4) is 0 Å². The summed E-state index contributed by atoms with van der Waals surface area (Å²) in [5.41, 5.74) is 7.11. The van der Waals surface area contributed by atoms with E-state index in [-0.39, 0.29) is 12.0 Å². The maximum atomic E-state index is 12.4. The molecular formula is C16H24N2O2. The third-order valence-corrected chi connectivity index (χ3v) is 3.59. The molecule has 0 saturated carbocycles. The lowest BCUT2D eigenvalue weighted by Gasteiger charge is -2.34. The van der Waals surface area contributed by atoms with Crippen LogP contribution in [-0.4, -0.2) is 36.5 Å². The minimum Gasteiger partial charge on any atom is -0.370 e. The van der Waals surface area contributed by atoms with Gasteiger partial charge >= 0.3 is 0 Å². The zero-order chi connectivity index (χ0) is 14.5. The van der Waals surface area contributed by atoms with Gasteiger partial charge in [0.15, 0.2) is 0 Å². The summed E-state index contributed by atoms with van der Waals surface area (Å²) in [6, 6.07) is 9.63. The molecule has 0 aromatic heterocycles. The van der Waals surface area contributed by atoms with Crippen LogP contribution in [0, 0.1) is 5.92 Å². The highest BCUT2D eigenvalue weighted by Crippen LogP contribution is 2.22. The number of hydrogen-bond donors (Lipinski definition) is 1. The highest BCUT2D eigenvalue weighted by atomic mass is 16.5. The van der Waals surface area contributed by atoms with Gasteiger partial charge in [-0.1, -0.05) is 44.2 Å². The Balaban J connectivity index is 1.98. The molecule has 0 bridgehead atoms. The number of carbonyl (C=O) groups excluding carboxylic acids is 1. The van der Waals surface area contributed by atoms with Gasteiger partial charge in [0.2, 0.25) is 5.91 Å².